The Morgan fingerprint density at radius 2 is 1.91 bits per heavy atom. The molecule has 0 unspecified atom stereocenters. The second-order valence-corrected chi connectivity index (χ2v) is 10.3. The maximum atomic E-state index is 12.9. The van der Waals surface area contributed by atoms with Crippen LogP contribution in [0.4, 0.5) is 5.00 Å². The summed E-state index contributed by atoms with van der Waals surface area (Å²) in [5.41, 5.74) is 2.89. The van der Waals surface area contributed by atoms with Gasteiger partial charge in [-0.25, -0.2) is 4.79 Å². The number of hydrogen-bond donors (Lipinski definition) is 1. The van der Waals surface area contributed by atoms with E-state index in [2.05, 4.69) is 15.5 Å². The first-order chi connectivity index (χ1) is 16.8. The van der Waals surface area contributed by atoms with Gasteiger partial charge in [0.25, 0.3) is 0 Å². The molecule has 182 valence electrons. The van der Waals surface area contributed by atoms with Crippen molar-refractivity contribution in [2.75, 3.05) is 18.2 Å². The summed E-state index contributed by atoms with van der Waals surface area (Å²) in [5, 5.41) is 12.7. The molecule has 8 nitrogen and oxygen atoms in total. The van der Waals surface area contributed by atoms with Crippen LogP contribution in [0.2, 0.25) is 0 Å². The lowest BCUT2D eigenvalue weighted by molar-refractivity contribution is -0.113. The highest BCUT2D eigenvalue weighted by Crippen LogP contribution is 2.40. The van der Waals surface area contributed by atoms with Gasteiger partial charge in [-0.15, -0.1) is 21.5 Å². The molecule has 0 aliphatic carbocycles. The van der Waals surface area contributed by atoms with Crippen LogP contribution in [0, 0.1) is 13.8 Å². The average molecular weight is 511 g/mol. The number of nitrogens with zero attached hydrogens (tertiary/aromatic N) is 3. The van der Waals surface area contributed by atoms with E-state index in [-0.39, 0.29) is 17.7 Å². The second kappa shape index (κ2) is 10.5. The monoisotopic (exact) mass is 510 g/mol. The van der Waals surface area contributed by atoms with Gasteiger partial charge in [0, 0.05) is 16.5 Å². The van der Waals surface area contributed by atoms with Gasteiger partial charge >= 0.3 is 5.97 Å². The lowest BCUT2D eigenvalue weighted by Gasteiger charge is -2.13. The maximum absolute atomic E-state index is 12.9. The molecular formula is C25H26N4O4S2. The Kier molecular flexibility index (Phi) is 7.42. The molecule has 0 aliphatic rings. The number of thioether (sulfide) groups is 1. The third-order valence-corrected chi connectivity index (χ3v) is 7.37. The molecule has 0 fully saturated rings. The van der Waals surface area contributed by atoms with Crippen molar-refractivity contribution in [2.24, 2.45) is 0 Å². The number of amides is 1. The first-order valence-corrected chi connectivity index (χ1v) is 12.8. The largest absolute Gasteiger partial charge is 0.469 e. The minimum atomic E-state index is -0.490. The topological polar surface area (TPSA) is 99.2 Å². The highest BCUT2D eigenvalue weighted by Gasteiger charge is 2.26. The molecular weight excluding hydrogens is 484 g/mol. The van der Waals surface area contributed by atoms with E-state index in [1.165, 1.54) is 30.2 Å². The third kappa shape index (κ3) is 5.03. The van der Waals surface area contributed by atoms with Gasteiger partial charge < -0.3 is 14.5 Å². The summed E-state index contributed by atoms with van der Waals surface area (Å²) >= 11 is 2.65. The van der Waals surface area contributed by atoms with Crippen LogP contribution >= 0.6 is 23.1 Å². The minimum Gasteiger partial charge on any atom is -0.469 e. The summed E-state index contributed by atoms with van der Waals surface area (Å²) in [6.45, 7) is 7.87. The highest BCUT2D eigenvalue weighted by atomic mass is 32.2. The van der Waals surface area contributed by atoms with Gasteiger partial charge in [0.2, 0.25) is 5.91 Å². The number of carbonyl (C=O) groups excluding carboxylic acids is 2. The van der Waals surface area contributed by atoms with Gasteiger partial charge in [0.05, 0.1) is 24.7 Å². The van der Waals surface area contributed by atoms with Crippen LogP contribution in [0.3, 0.4) is 0 Å². The van der Waals surface area contributed by atoms with Crippen LogP contribution < -0.4 is 5.32 Å². The molecule has 0 atom stereocenters. The van der Waals surface area contributed by atoms with Gasteiger partial charge in [-0.1, -0.05) is 42.1 Å². The molecule has 35 heavy (non-hydrogen) atoms. The van der Waals surface area contributed by atoms with Crippen molar-refractivity contribution in [1.82, 2.24) is 14.8 Å². The zero-order chi connectivity index (χ0) is 25.1. The van der Waals surface area contributed by atoms with Crippen molar-refractivity contribution in [3.8, 4) is 22.5 Å². The first kappa shape index (κ1) is 24.7. The number of aryl methyl sites for hydroxylation is 2. The SMILES string of the molecule is COC(=O)c1c(NC(=O)CSc2nnc(-c3ccoc3C)n2C(C)C)sc(C)c1-c1ccccc1. The van der Waals surface area contributed by atoms with E-state index in [9.17, 15) is 9.59 Å². The Morgan fingerprint density at radius 3 is 2.54 bits per heavy atom. The van der Waals surface area contributed by atoms with Crippen molar-refractivity contribution in [3.05, 3.63) is 58.9 Å². The van der Waals surface area contributed by atoms with E-state index in [1.807, 2.05) is 68.7 Å². The van der Waals surface area contributed by atoms with E-state index >= 15 is 0 Å². The molecule has 0 aliphatic heterocycles. The molecule has 1 aromatic carbocycles. The fraction of sp³-hybridized carbons (Fsp3) is 0.280. The summed E-state index contributed by atoms with van der Waals surface area (Å²) in [4.78, 5) is 26.5. The molecule has 0 bridgehead atoms. The number of nitrogens with one attached hydrogen (secondary N) is 1. The van der Waals surface area contributed by atoms with Crippen LogP contribution in [0.1, 0.15) is 40.9 Å². The highest BCUT2D eigenvalue weighted by molar-refractivity contribution is 7.99. The fourth-order valence-corrected chi connectivity index (χ4v) is 5.76. The number of ether oxygens (including phenoxy) is 1. The second-order valence-electron chi connectivity index (χ2n) is 8.09. The number of thiophene rings is 1. The van der Waals surface area contributed by atoms with E-state index in [1.54, 1.807) is 6.26 Å². The molecule has 0 spiro atoms. The van der Waals surface area contributed by atoms with Crippen LogP contribution in [0.5, 0.6) is 0 Å². The van der Waals surface area contributed by atoms with Crippen molar-refractivity contribution in [2.45, 2.75) is 38.9 Å². The minimum absolute atomic E-state index is 0.0826. The normalized spacial score (nSPS) is 11.1. The molecule has 4 aromatic rings. The standard InChI is InChI=1S/C25H26N4O4S2/c1-14(2)29-22(18-11-12-33-15(18)3)27-28-25(29)34-13-19(30)26-23-21(24(31)32-5)20(16(4)35-23)17-9-7-6-8-10-17/h6-12,14H,13H2,1-5H3,(H,26,30). The molecule has 0 saturated carbocycles. The molecule has 10 heteroatoms. The zero-order valence-electron chi connectivity index (χ0n) is 20.1. The van der Waals surface area contributed by atoms with Crippen molar-refractivity contribution in [1.29, 1.82) is 0 Å². The Hall–Kier alpha value is -3.37. The van der Waals surface area contributed by atoms with Gasteiger partial charge in [-0.05, 0) is 39.3 Å². The smallest absolute Gasteiger partial charge is 0.341 e. The van der Waals surface area contributed by atoms with Crippen LogP contribution in [-0.2, 0) is 9.53 Å². The lowest BCUT2D eigenvalue weighted by atomic mass is 10.0. The zero-order valence-corrected chi connectivity index (χ0v) is 21.8. The number of hydrogen-bond acceptors (Lipinski definition) is 8. The number of furan rings is 1. The molecule has 3 heterocycles. The Bertz CT molecular complexity index is 1360. The predicted octanol–water partition coefficient (Wildman–Crippen LogP) is 5.98. The number of rotatable bonds is 8. The summed E-state index contributed by atoms with van der Waals surface area (Å²) < 4.78 is 12.4. The van der Waals surface area contributed by atoms with E-state index in [4.69, 9.17) is 9.15 Å². The molecule has 0 radical (unpaired) electrons. The predicted molar refractivity (Wildman–Crippen MR) is 138 cm³/mol. The summed E-state index contributed by atoms with van der Waals surface area (Å²) in [5.74, 6) is 0.818. The molecule has 0 saturated heterocycles. The van der Waals surface area contributed by atoms with Crippen molar-refractivity contribution >= 4 is 40.0 Å². The van der Waals surface area contributed by atoms with Crippen LogP contribution in [0.15, 0.2) is 52.2 Å². The van der Waals surface area contributed by atoms with Crippen LogP contribution in [0.25, 0.3) is 22.5 Å². The average Bonchev–Trinajstić information content (AvgIpc) is 3.54. The Balaban J connectivity index is 1.56. The number of carbonyl (C=O) groups is 2. The quantitative estimate of drug-likeness (QED) is 0.230. The van der Waals surface area contributed by atoms with E-state index in [0.717, 1.165) is 27.3 Å². The summed E-state index contributed by atoms with van der Waals surface area (Å²) in [6.07, 6.45) is 1.62. The fourth-order valence-electron chi connectivity index (χ4n) is 3.82. The van der Waals surface area contributed by atoms with E-state index < -0.39 is 5.97 Å². The molecule has 4 rings (SSSR count). The number of methoxy groups -OCH3 is 1. The molecule has 1 N–H and O–H groups in total. The van der Waals surface area contributed by atoms with Gasteiger partial charge in [0.15, 0.2) is 11.0 Å². The summed E-state index contributed by atoms with van der Waals surface area (Å²) in [7, 11) is 1.34. The Labute approximate surface area is 211 Å². The third-order valence-electron chi connectivity index (χ3n) is 5.40. The van der Waals surface area contributed by atoms with Crippen molar-refractivity contribution < 1.29 is 18.7 Å². The number of benzene rings is 1. The molecule has 3 aromatic heterocycles. The van der Waals surface area contributed by atoms with Gasteiger partial charge in [-0.3, -0.25) is 9.36 Å². The lowest BCUT2D eigenvalue weighted by Crippen LogP contribution is -2.16. The van der Waals surface area contributed by atoms with Gasteiger partial charge in [-0.2, -0.15) is 0 Å². The van der Waals surface area contributed by atoms with E-state index in [0.29, 0.717) is 21.5 Å². The van der Waals surface area contributed by atoms with Crippen molar-refractivity contribution in [3.63, 3.8) is 0 Å². The number of anilines is 1. The summed E-state index contributed by atoms with van der Waals surface area (Å²) in [6, 6.07) is 11.5. The number of aromatic nitrogens is 3. The maximum Gasteiger partial charge on any atom is 0.341 e. The van der Waals surface area contributed by atoms with Gasteiger partial charge in [0.1, 0.15) is 16.3 Å². The van der Waals surface area contributed by atoms with Crippen LogP contribution in [-0.4, -0.2) is 39.5 Å². The first-order valence-electron chi connectivity index (χ1n) is 11.0. The molecule has 1 amide bonds. The number of esters is 1. The Morgan fingerprint density at radius 1 is 1.17 bits per heavy atom.